The lowest BCUT2D eigenvalue weighted by molar-refractivity contribution is 0.325. The molecule has 0 atom stereocenters. The summed E-state index contributed by atoms with van der Waals surface area (Å²) in [5.74, 6) is 0.745. The van der Waals surface area contributed by atoms with Crippen LogP contribution in [0.1, 0.15) is 56.4 Å². The van der Waals surface area contributed by atoms with Crippen LogP contribution in [0.25, 0.3) is 33.3 Å². The molecule has 0 bridgehead atoms. The van der Waals surface area contributed by atoms with Gasteiger partial charge in [-0.25, -0.2) is 4.98 Å². The van der Waals surface area contributed by atoms with Crippen molar-refractivity contribution in [2.45, 2.75) is 58.8 Å². The molecule has 1 fully saturated rings. The van der Waals surface area contributed by atoms with Gasteiger partial charge in [0.2, 0.25) is 5.71 Å². The summed E-state index contributed by atoms with van der Waals surface area (Å²) in [4.78, 5) is 9.35. The molecule has 0 aliphatic heterocycles. The Morgan fingerprint density at radius 3 is 2.59 bits per heavy atom. The van der Waals surface area contributed by atoms with Crippen LogP contribution in [0.4, 0.5) is 0 Å². The molecule has 1 saturated carbocycles. The maximum atomic E-state index is 6.27. The first kappa shape index (κ1) is 18.4. The lowest BCUT2D eigenvalue weighted by Gasteiger charge is -2.32. The summed E-state index contributed by atoms with van der Waals surface area (Å²) in [6.45, 7) is 8.91. The Hall–Kier alpha value is -2.68. The molecule has 1 aliphatic carbocycles. The zero-order valence-corrected chi connectivity index (χ0v) is 17.7. The Morgan fingerprint density at radius 1 is 1.00 bits per heavy atom. The first-order valence-electron chi connectivity index (χ1n) is 10.7. The van der Waals surface area contributed by atoms with Gasteiger partial charge in [0, 0.05) is 28.2 Å². The summed E-state index contributed by atoms with van der Waals surface area (Å²) < 4.78 is 6.27. The molecule has 1 aromatic carbocycles. The van der Waals surface area contributed by atoms with Gasteiger partial charge < -0.3 is 4.42 Å². The third-order valence-electron chi connectivity index (χ3n) is 6.99. The Morgan fingerprint density at radius 2 is 1.79 bits per heavy atom. The highest BCUT2D eigenvalue weighted by Crippen LogP contribution is 2.43. The zero-order chi connectivity index (χ0) is 20.2. The third kappa shape index (κ3) is 2.95. The van der Waals surface area contributed by atoms with Gasteiger partial charge in [-0.1, -0.05) is 32.8 Å². The second kappa shape index (κ2) is 6.69. The highest BCUT2D eigenvalue weighted by Gasteiger charge is 2.33. The molecule has 0 saturated heterocycles. The number of pyridine rings is 2. The van der Waals surface area contributed by atoms with E-state index in [0.29, 0.717) is 5.71 Å². The molecule has 0 radical (unpaired) electrons. The first-order chi connectivity index (χ1) is 13.9. The number of hydrogen-bond donors (Lipinski definition) is 0. The smallest absolute Gasteiger partial charge is 0.227 e. The molecular formula is C26H28N2O. The minimum absolute atomic E-state index is 0.157. The minimum Gasteiger partial charge on any atom is -0.437 e. The van der Waals surface area contributed by atoms with Crippen LogP contribution in [-0.2, 0) is 5.41 Å². The molecule has 3 heteroatoms. The van der Waals surface area contributed by atoms with Crippen molar-refractivity contribution in [2.75, 3.05) is 0 Å². The molecule has 3 nitrogen and oxygen atoms in total. The number of aryl methyl sites for hydroxylation is 2. The van der Waals surface area contributed by atoms with Gasteiger partial charge in [0.05, 0.1) is 5.69 Å². The van der Waals surface area contributed by atoms with E-state index in [2.05, 4.69) is 56.1 Å². The number of nitrogens with zero attached hydrogens (tertiary/aromatic N) is 2. The number of fused-ring (bicyclic) bond motifs is 3. The number of benzene rings is 1. The van der Waals surface area contributed by atoms with Crippen molar-refractivity contribution in [1.29, 1.82) is 0 Å². The van der Waals surface area contributed by atoms with Crippen LogP contribution in [-0.4, -0.2) is 9.97 Å². The van der Waals surface area contributed by atoms with Crippen LogP contribution in [0.3, 0.4) is 0 Å². The largest absolute Gasteiger partial charge is 0.437 e. The summed E-state index contributed by atoms with van der Waals surface area (Å²) in [6.07, 6.45) is 7.33. The highest BCUT2D eigenvalue weighted by molar-refractivity contribution is 6.10. The van der Waals surface area contributed by atoms with Crippen molar-refractivity contribution >= 4 is 22.1 Å². The van der Waals surface area contributed by atoms with E-state index in [0.717, 1.165) is 39.2 Å². The van der Waals surface area contributed by atoms with Gasteiger partial charge in [0.25, 0.3) is 0 Å². The normalized spacial score (nSPS) is 15.6. The van der Waals surface area contributed by atoms with Gasteiger partial charge in [-0.05, 0) is 79.5 Å². The molecule has 0 amide bonds. The van der Waals surface area contributed by atoms with Gasteiger partial charge in [0.15, 0.2) is 0 Å². The van der Waals surface area contributed by atoms with Crippen LogP contribution in [0.5, 0.6) is 0 Å². The molecule has 29 heavy (non-hydrogen) atoms. The Kier molecular flexibility index (Phi) is 4.23. The van der Waals surface area contributed by atoms with E-state index < -0.39 is 0 Å². The summed E-state index contributed by atoms with van der Waals surface area (Å²) >= 11 is 0. The summed E-state index contributed by atoms with van der Waals surface area (Å²) in [5, 5.41) is 2.22. The van der Waals surface area contributed by atoms with E-state index in [4.69, 9.17) is 9.40 Å². The van der Waals surface area contributed by atoms with Gasteiger partial charge in [-0.15, -0.1) is 0 Å². The molecule has 3 heterocycles. The van der Waals surface area contributed by atoms with Crippen molar-refractivity contribution in [2.24, 2.45) is 5.92 Å². The minimum atomic E-state index is 0.157. The standard InChI is InChI=1S/C26H28N2O/c1-16-9-11-20(24-23(16)21-12-10-17(2)28-25(21)29-24)22-15-19(13-14-27-22)26(3,4)18-7-5-6-8-18/h9-15,18H,5-8H2,1-4H3. The predicted octanol–water partition coefficient (Wildman–Crippen LogP) is 7.13. The molecule has 3 aromatic heterocycles. The predicted molar refractivity (Wildman–Crippen MR) is 119 cm³/mol. The van der Waals surface area contributed by atoms with Gasteiger partial charge >= 0.3 is 0 Å². The van der Waals surface area contributed by atoms with Gasteiger partial charge in [-0.3, -0.25) is 4.98 Å². The fraction of sp³-hybridized carbons (Fsp3) is 0.385. The fourth-order valence-electron chi connectivity index (χ4n) is 5.08. The van der Waals surface area contributed by atoms with Crippen LogP contribution in [0.2, 0.25) is 0 Å². The van der Waals surface area contributed by atoms with Crippen molar-refractivity contribution < 1.29 is 4.42 Å². The molecule has 5 rings (SSSR count). The van der Waals surface area contributed by atoms with Gasteiger partial charge in [-0.2, -0.15) is 0 Å². The molecule has 0 unspecified atom stereocenters. The average Bonchev–Trinajstić information content (AvgIpc) is 3.37. The Bertz CT molecular complexity index is 1210. The van der Waals surface area contributed by atoms with Crippen molar-refractivity contribution in [3.05, 3.63) is 59.4 Å². The van der Waals surface area contributed by atoms with Crippen LogP contribution in [0.15, 0.2) is 47.0 Å². The summed E-state index contributed by atoms with van der Waals surface area (Å²) in [7, 11) is 0. The van der Waals surface area contributed by atoms with Crippen molar-refractivity contribution in [3.63, 3.8) is 0 Å². The van der Waals surface area contributed by atoms with Crippen molar-refractivity contribution in [3.8, 4) is 11.3 Å². The molecule has 1 aliphatic rings. The lowest BCUT2D eigenvalue weighted by atomic mass is 9.72. The number of furan rings is 1. The summed E-state index contributed by atoms with van der Waals surface area (Å²) in [6, 6.07) is 12.9. The molecule has 0 spiro atoms. The van der Waals surface area contributed by atoms with E-state index in [1.54, 1.807) is 0 Å². The van der Waals surface area contributed by atoms with Crippen molar-refractivity contribution in [1.82, 2.24) is 9.97 Å². The maximum absolute atomic E-state index is 6.27. The van der Waals surface area contributed by atoms with E-state index in [1.165, 1.54) is 36.8 Å². The number of rotatable bonds is 3. The zero-order valence-electron chi connectivity index (χ0n) is 17.7. The molecule has 0 N–H and O–H groups in total. The maximum Gasteiger partial charge on any atom is 0.227 e. The Balaban J connectivity index is 1.68. The van der Waals surface area contributed by atoms with E-state index in [-0.39, 0.29) is 5.41 Å². The number of aromatic nitrogens is 2. The molecule has 148 valence electrons. The van der Waals surface area contributed by atoms with Crippen LogP contribution in [0, 0.1) is 19.8 Å². The fourth-order valence-corrected chi connectivity index (χ4v) is 5.08. The Labute approximate surface area is 172 Å². The van der Waals surface area contributed by atoms with Crippen LogP contribution < -0.4 is 0 Å². The van der Waals surface area contributed by atoms with E-state index >= 15 is 0 Å². The highest BCUT2D eigenvalue weighted by atomic mass is 16.3. The molecule has 4 aromatic rings. The second-order valence-electron chi connectivity index (χ2n) is 9.17. The van der Waals surface area contributed by atoms with Crippen LogP contribution >= 0.6 is 0 Å². The van der Waals surface area contributed by atoms with E-state index in [9.17, 15) is 0 Å². The second-order valence-corrected chi connectivity index (χ2v) is 9.17. The monoisotopic (exact) mass is 384 g/mol. The number of hydrogen-bond acceptors (Lipinski definition) is 3. The van der Waals surface area contributed by atoms with E-state index in [1.807, 2.05) is 19.2 Å². The first-order valence-corrected chi connectivity index (χ1v) is 10.7. The lowest BCUT2D eigenvalue weighted by Crippen LogP contribution is -2.26. The SMILES string of the molecule is Cc1ccc2c(n1)oc1c(-c3cc(C(C)(C)C4CCCC4)ccn3)ccc(C)c12. The summed E-state index contributed by atoms with van der Waals surface area (Å²) in [5.41, 5.74) is 7.32. The average molecular weight is 385 g/mol. The topological polar surface area (TPSA) is 38.9 Å². The molecular weight excluding hydrogens is 356 g/mol. The third-order valence-corrected chi connectivity index (χ3v) is 6.99. The van der Waals surface area contributed by atoms with Gasteiger partial charge in [0.1, 0.15) is 5.58 Å². The quantitative estimate of drug-likeness (QED) is 0.377.